The number of hydrogen-bond acceptors (Lipinski definition) is 2. The van der Waals surface area contributed by atoms with Crippen LogP contribution in [0, 0.1) is 0 Å². The van der Waals surface area contributed by atoms with Crippen molar-refractivity contribution < 1.29 is 9.90 Å². The van der Waals surface area contributed by atoms with E-state index >= 15 is 0 Å². The lowest BCUT2D eigenvalue weighted by molar-refractivity contribution is -0.132. The molecule has 5 rings (SSSR count). The SMILES string of the molecule is CSc1ccc(-c2ccccc2P(c2ccccc2)c2ccccc2)c(C/C(=C\c2ccccc2)C(=O)O)c1. The highest BCUT2D eigenvalue weighted by Crippen LogP contribution is 2.39. The summed E-state index contributed by atoms with van der Waals surface area (Å²) in [5, 5.41) is 14.0. The third kappa shape index (κ3) is 6.40. The normalized spacial score (nSPS) is 11.5. The maximum Gasteiger partial charge on any atom is 0.331 e. The van der Waals surface area contributed by atoms with Crippen molar-refractivity contribution in [2.45, 2.75) is 11.3 Å². The van der Waals surface area contributed by atoms with Gasteiger partial charge in [0.2, 0.25) is 0 Å². The third-order valence-electron chi connectivity index (χ3n) is 6.57. The van der Waals surface area contributed by atoms with Crippen LogP contribution in [-0.4, -0.2) is 17.3 Å². The Morgan fingerprint density at radius 2 is 1.28 bits per heavy atom. The number of aliphatic carboxylic acids is 1. The first-order chi connectivity index (χ1) is 19.1. The molecule has 0 aliphatic rings. The lowest BCUT2D eigenvalue weighted by Gasteiger charge is -2.23. The minimum absolute atomic E-state index is 0.330. The highest BCUT2D eigenvalue weighted by molar-refractivity contribution is 7.98. The number of hydrogen-bond donors (Lipinski definition) is 1. The first-order valence-corrected chi connectivity index (χ1v) is 15.4. The molecule has 0 aliphatic carbocycles. The van der Waals surface area contributed by atoms with E-state index in [-0.39, 0.29) is 0 Å². The summed E-state index contributed by atoms with van der Waals surface area (Å²) in [4.78, 5) is 13.5. The van der Waals surface area contributed by atoms with Crippen LogP contribution in [0.25, 0.3) is 17.2 Å². The number of carbonyl (C=O) groups is 1. The van der Waals surface area contributed by atoms with Crippen LogP contribution in [0.15, 0.2) is 144 Å². The Hall–Kier alpha value is -3.91. The van der Waals surface area contributed by atoms with Crippen LogP contribution in [0.2, 0.25) is 0 Å². The molecule has 0 saturated heterocycles. The number of thioether (sulfide) groups is 1. The second-order valence-corrected chi connectivity index (χ2v) is 12.2. The van der Waals surface area contributed by atoms with Crippen LogP contribution in [0.3, 0.4) is 0 Å². The van der Waals surface area contributed by atoms with Gasteiger partial charge in [-0.1, -0.05) is 121 Å². The fourth-order valence-corrected chi connectivity index (χ4v) is 7.66. The van der Waals surface area contributed by atoms with Crippen molar-refractivity contribution >= 4 is 47.6 Å². The van der Waals surface area contributed by atoms with Crippen LogP contribution < -0.4 is 15.9 Å². The Kier molecular flexibility index (Phi) is 8.73. The van der Waals surface area contributed by atoms with Gasteiger partial charge in [-0.05, 0) is 70.6 Å². The molecule has 0 heterocycles. The molecule has 39 heavy (non-hydrogen) atoms. The van der Waals surface area contributed by atoms with Gasteiger partial charge in [-0.3, -0.25) is 0 Å². The van der Waals surface area contributed by atoms with Crippen LogP contribution >= 0.6 is 19.7 Å². The Balaban J connectivity index is 1.67. The fraction of sp³-hybridized carbons (Fsp3) is 0.0571. The van der Waals surface area contributed by atoms with Crippen molar-refractivity contribution in [3.05, 3.63) is 150 Å². The monoisotopic (exact) mass is 544 g/mol. The van der Waals surface area contributed by atoms with Gasteiger partial charge < -0.3 is 5.11 Å². The molecule has 0 aliphatic heterocycles. The smallest absolute Gasteiger partial charge is 0.331 e. The predicted octanol–water partition coefficient (Wildman–Crippen LogP) is 7.54. The molecule has 0 atom stereocenters. The van der Waals surface area contributed by atoms with E-state index in [1.807, 2.05) is 30.3 Å². The Morgan fingerprint density at radius 3 is 1.87 bits per heavy atom. The zero-order valence-corrected chi connectivity index (χ0v) is 23.4. The van der Waals surface area contributed by atoms with Gasteiger partial charge in [0, 0.05) is 16.9 Å². The zero-order chi connectivity index (χ0) is 27.0. The molecule has 0 amide bonds. The Labute approximate surface area is 235 Å². The van der Waals surface area contributed by atoms with E-state index < -0.39 is 13.9 Å². The van der Waals surface area contributed by atoms with Gasteiger partial charge in [0.1, 0.15) is 0 Å². The maximum atomic E-state index is 12.4. The highest BCUT2D eigenvalue weighted by Gasteiger charge is 2.22. The molecule has 192 valence electrons. The summed E-state index contributed by atoms with van der Waals surface area (Å²) in [5.41, 5.74) is 4.47. The molecule has 0 radical (unpaired) electrons. The molecular formula is C35H29O2PS. The van der Waals surface area contributed by atoms with E-state index in [0.29, 0.717) is 12.0 Å². The summed E-state index contributed by atoms with van der Waals surface area (Å²) in [7, 11) is -0.823. The summed E-state index contributed by atoms with van der Waals surface area (Å²) in [5.74, 6) is -0.900. The van der Waals surface area contributed by atoms with Crippen LogP contribution in [0.5, 0.6) is 0 Å². The van der Waals surface area contributed by atoms with E-state index in [1.54, 1.807) is 17.8 Å². The lowest BCUT2D eigenvalue weighted by atomic mass is 9.94. The van der Waals surface area contributed by atoms with Crippen LogP contribution in [-0.2, 0) is 11.2 Å². The maximum absolute atomic E-state index is 12.4. The van der Waals surface area contributed by atoms with Crippen LogP contribution in [0.1, 0.15) is 11.1 Å². The van der Waals surface area contributed by atoms with Gasteiger partial charge >= 0.3 is 5.97 Å². The molecule has 5 aromatic carbocycles. The standard InChI is InChI=1S/C35H29O2PS/c1-39-31-21-22-32(27(25-31)24-28(35(36)37)23-26-13-5-2-6-14-26)33-19-11-12-20-34(33)38(29-15-7-3-8-16-29)30-17-9-4-10-18-30/h2-23,25H,24H2,1H3,(H,36,37)/b28-23+. The van der Waals surface area contributed by atoms with E-state index in [1.165, 1.54) is 15.9 Å². The van der Waals surface area contributed by atoms with Crippen molar-refractivity contribution in [1.82, 2.24) is 0 Å². The summed E-state index contributed by atoms with van der Waals surface area (Å²) in [6, 6.07) is 46.0. The van der Waals surface area contributed by atoms with Gasteiger partial charge in [0.25, 0.3) is 0 Å². The fourth-order valence-electron chi connectivity index (χ4n) is 4.73. The number of benzene rings is 5. The zero-order valence-electron chi connectivity index (χ0n) is 21.7. The van der Waals surface area contributed by atoms with E-state index in [4.69, 9.17) is 0 Å². The molecule has 0 saturated carbocycles. The molecule has 4 heteroatoms. The van der Waals surface area contributed by atoms with Crippen molar-refractivity contribution in [2.24, 2.45) is 0 Å². The predicted molar refractivity (Wildman–Crippen MR) is 168 cm³/mol. The van der Waals surface area contributed by atoms with Gasteiger partial charge in [-0.25, -0.2) is 4.79 Å². The average molecular weight is 545 g/mol. The van der Waals surface area contributed by atoms with Crippen molar-refractivity contribution in [3.8, 4) is 11.1 Å². The van der Waals surface area contributed by atoms with Crippen molar-refractivity contribution in [2.75, 3.05) is 6.26 Å². The summed E-state index contributed by atoms with van der Waals surface area (Å²) < 4.78 is 0. The molecule has 0 unspecified atom stereocenters. The molecule has 5 aromatic rings. The molecule has 0 bridgehead atoms. The second kappa shape index (κ2) is 12.8. The average Bonchev–Trinajstić information content (AvgIpc) is 2.99. The first kappa shape index (κ1) is 26.7. The highest BCUT2D eigenvalue weighted by atomic mass is 32.2. The quantitative estimate of drug-likeness (QED) is 0.118. The first-order valence-electron chi connectivity index (χ1n) is 12.8. The molecule has 0 fully saturated rings. The van der Waals surface area contributed by atoms with E-state index in [9.17, 15) is 9.90 Å². The lowest BCUT2D eigenvalue weighted by Crippen LogP contribution is -2.22. The molecular weight excluding hydrogens is 515 g/mol. The van der Waals surface area contributed by atoms with Crippen LogP contribution in [0.4, 0.5) is 0 Å². The molecule has 0 spiro atoms. The Bertz CT molecular complexity index is 1540. The molecule has 0 aromatic heterocycles. The summed E-state index contributed by atoms with van der Waals surface area (Å²) in [6.45, 7) is 0. The van der Waals surface area contributed by atoms with Gasteiger partial charge in [0.15, 0.2) is 0 Å². The molecule has 2 nitrogen and oxygen atoms in total. The third-order valence-corrected chi connectivity index (χ3v) is 9.80. The summed E-state index contributed by atoms with van der Waals surface area (Å²) in [6.07, 6.45) is 4.16. The molecule has 1 N–H and O–H groups in total. The minimum atomic E-state index is -0.900. The van der Waals surface area contributed by atoms with Gasteiger partial charge in [-0.2, -0.15) is 0 Å². The van der Waals surface area contributed by atoms with Crippen molar-refractivity contribution in [1.29, 1.82) is 0 Å². The second-order valence-electron chi connectivity index (χ2n) is 9.11. The largest absolute Gasteiger partial charge is 0.478 e. The minimum Gasteiger partial charge on any atom is -0.478 e. The van der Waals surface area contributed by atoms with Gasteiger partial charge in [0.05, 0.1) is 0 Å². The van der Waals surface area contributed by atoms with E-state index in [0.717, 1.165) is 27.1 Å². The van der Waals surface area contributed by atoms with E-state index in [2.05, 4.69) is 109 Å². The number of carboxylic acids is 1. The Morgan fingerprint density at radius 1 is 0.718 bits per heavy atom. The summed E-state index contributed by atoms with van der Waals surface area (Å²) >= 11 is 1.67. The van der Waals surface area contributed by atoms with Gasteiger partial charge in [-0.15, -0.1) is 11.8 Å². The number of carboxylic acid groups (broad SMARTS) is 1. The number of rotatable bonds is 9. The topological polar surface area (TPSA) is 37.3 Å². The van der Waals surface area contributed by atoms with Crippen molar-refractivity contribution in [3.63, 3.8) is 0 Å².